The van der Waals surface area contributed by atoms with Crippen LogP contribution in [0, 0.1) is 6.92 Å². The zero-order chi connectivity index (χ0) is 25.5. The van der Waals surface area contributed by atoms with Crippen molar-refractivity contribution in [3.63, 3.8) is 0 Å². The maximum absolute atomic E-state index is 13.5. The zero-order valence-electron chi connectivity index (χ0n) is 18.0. The van der Waals surface area contributed by atoms with E-state index in [0.717, 1.165) is 4.68 Å². The van der Waals surface area contributed by atoms with Crippen LogP contribution in [0.4, 0.5) is 27.8 Å². The fourth-order valence-corrected chi connectivity index (χ4v) is 4.29. The number of hydrogen-bond donors (Lipinski definition) is 2. The molecule has 0 radical (unpaired) electrons. The summed E-state index contributed by atoms with van der Waals surface area (Å²) in [6.07, 6.45) is -4.40. The van der Waals surface area contributed by atoms with Crippen LogP contribution in [0.25, 0.3) is 11.0 Å². The van der Waals surface area contributed by atoms with E-state index in [2.05, 4.69) is 41.3 Å². The molecule has 3 aromatic heterocycles. The van der Waals surface area contributed by atoms with Gasteiger partial charge in [0, 0.05) is 47.7 Å². The number of alkyl halides is 5. The number of rotatable bonds is 7. The predicted octanol–water partition coefficient (Wildman–Crippen LogP) is 3.47. The van der Waals surface area contributed by atoms with E-state index in [1.165, 1.54) is 19.4 Å². The van der Waals surface area contributed by atoms with Gasteiger partial charge in [0.15, 0.2) is 0 Å². The molecule has 2 N–H and O–H groups in total. The molecule has 4 heterocycles. The maximum Gasteiger partial charge on any atom is 0.453 e. The second kappa shape index (κ2) is 9.17. The Morgan fingerprint density at radius 2 is 2.06 bits per heavy atom. The monoisotopic (exact) mass is 564 g/mol. The number of hydrogen-bond acceptors (Lipinski definition) is 7. The van der Waals surface area contributed by atoms with Crippen molar-refractivity contribution < 1.29 is 31.5 Å². The molecule has 1 aliphatic heterocycles. The third-order valence-electron chi connectivity index (χ3n) is 5.66. The quantitative estimate of drug-likeness (QED) is 0.333. The number of halogens is 6. The Balaban J connectivity index is 1.54. The van der Waals surface area contributed by atoms with Crippen LogP contribution in [0.1, 0.15) is 29.2 Å². The van der Waals surface area contributed by atoms with Gasteiger partial charge in [-0.25, -0.2) is 14.6 Å². The third kappa shape index (κ3) is 4.73. The molecule has 0 spiro atoms. The first-order valence-corrected chi connectivity index (χ1v) is 11.1. The van der Waals surface area contributed by atoms with Gasteiger partial charge in [0.1, 0.15) is 23.7 Å². The molecule has 1 unspecified atom stereocenters. The van der Waals surface area contributed by atoms with Crippen molar-refractivity contribution in [1.29, 1.82) is 0 Å². The minimum Gasteiger partial charge on any atom is -0.465 e. The van der Waals surface area contributed by atoms with Crippen molar-refractivity contribution in [2.45, 2.75) is 44.3 Å². The summed E-state index contributed by atoms with van der Waals surface area (Å²) in [6.45, 7) is 0.838. The molecule has 0 saturated heterocycles. The normalized spacial score (nSPS) is 15.8. The van der Waals surface area contributed by atoms with Crippen LogP contribution in [0.2, 0.25) is 0 Å². The van der Waals surface area contributed by atoms with Gasteiger partial charge in [-0.2, -0.15) is 27.1 Å². The average molecular weight is 565 g/mol. The van der Waals surface area contributed by atoms with Crippen LogP contribution < -0.4 is 10.9 Å². The second-order valence-corrected chi connectivity index (χ2v) is 8.71. The van der Waals surface area contributed by atoms with Crippen molar-refractivity contribution in [2.24, 2.45) is 0 Å². The molecule has 4 rings (SSSR count). The van der Waals surface area contributed by atoms with Gasteiger partial charge in [0.25, 0.3) is 5.56 Å². The lowest BCUT2D eigenvalue weighted by Crippen LogP contribution is -2.37. The number of fused-ring (bicyclic) bond motifs is 2. The molecule has 0 fully saturated rings. The summed E-state index contributed by atoms with van der Waals surface area (Å²) < 4.78 is 71.3. The molecule has 35 heavy (non-hydrogen) atoms. The summed E-state index contributed by atoms with van der Waals surface area (Å²) in [5.74, 6) is -5.55. The summed E-state index contributed by atoms with van der Waals surface area (Å²) in [4.78, 5) is 35.1. The van der Waals surface area contributed by atoms with Gasteiger partial charge in [0.2, 0.25) is 0 Å². The largest absolute Gasteiger partial charge is 0.465 e. The van der Waals surface area contributed by atoms with E-state index in [1.54, 1.807) is 0 Å². The third-order valence-corrected chi connectivity index (χ3v) is 6.65. The molecule has 9 nitrogen and oxygen atoms in total. The summed E-state index contributed by atoms with van der Waals surface area (Å²) >= 11 is 3.28. The van der Waals surface area contributed by atoms with E-state index in [9.17, 15) is 31.5 Å². The Hall–Kier alpha value is -3.10. The lowest BCUT2D eigenvalue weighted by Gasteiger charge is -2.19. The molecule has 1 atom stereocenters. The topological polar surface area (TPSA) is 115 Å². The number of aromatic nitrogens is 5. The van der Waals surface area contributed by atoms with Gasteiger partial charge in [-0.05, 0) is 22.9 Å². The number of aryl methyl sites for hydroxylation is 1. The number of carbonyl (C=O) groups excluding carboxylic acids is 1. The Morgan fingerprint density at radius 3 is 2.77 bits per heavy atom. The number of anilines is 1. The molecule has 188 valence electrons. The highest BCUT2D eigenvalue weighted by Crippen LogP contribution is 2.39. The van der Waals surface area contributed by atoms with E-state index in [1.807, 2.05) is 0 Å². The number of ether oxygens (including phenoxy) is 1. The van der Waals surface area contributed by atoms with E-state index < -0.39 is 42.5 Å². The van der Waals surface area contributed by atoms with Gasteiger partial charge in [0.05, 0.1) is 17.7 Å². The van der Waals surface area contributed by atoms with Crippen LogP contribution in [-0.2, 0) is 22.5 Å². The molecule has 0 amide bonds. The number of aromatic amines is 1. The molecule has 3 aromatic rings. The summed E-state index contributed by atoms with van der Waals surface area (Å²) in [5, 5.41) is 7.44. The SMILES string of the molecule is Cc1c(Br)c2c(CCOC(=O)C3CNc4ncncc43)nn(CCC(F)(F)C(F)(F)F)c2[nH]c1=O. The Kier molecular flexibility index (Phi) is 6.55. The van der Waals surface area contributed by atoms with Crippen molar-refractivity contribution in [3.05, 3.63) is 44.2 Å². The van der Waals surface area contributed by atoms with Crippen LogP contribution in [-0.4, -0.2) is 56.0 Å². The van der Waals surface area contributed by atoms with Crippen molar-refractivity contribution >= 4 is 38.8 Å². The lowest BCUT2D eigenvalue weighted by atomic mass is 10.1. The van der Waals surface area contributed by atoms with Gasteiger partial charge in [-0.3, -0.25) is 9.59 Å². The van der Waals surface area contributed by atoms with Gasteiger partial charge in [-0.1, -0.05) is 0 Å². The highest BCUT2D eigenvalue weighted by molar-refractivity contribution is 9.10. The summed E-state index contributed by atoms with van der Waals surface area (Å²) in [5.41, 5.74) is 0.541. The standard InChI is InChI=1S/C20H18BrF5N6O3/c1-9-14(21)13-12(2-5-35-18(34)11-7-28-15-10(11)6-27-8-29-15)31-32(16(13)30-17(9)33)4-3-19(22,23)20(24,25)26/h6,8,11H,2-5,7H2,1H3,(H,30,33)(H,27,28,29). The first-order valence-electron chi connectivity index (χ1n) is 10.3. The second-order valence-electron chi connectivity index (χ2n) is 7.92. The maximum atomic E-state index is 13.5. The smallest absolute Gasteiger partial charge is 0.453 e. The van der Waals surface area contributed by atoms with Crippen LogP contribution in [0.5, 0.6) is 0 Å². The first kappa shape index (κ1) is 25.0. The number of esters is 1. The van der Waals surface area contributed by atoms with Gasteiger partial charge in [-0.15, -0.1) is 0 Å². The number of carbonyl (C=O) groups is 1. The highest BCUT2D eigenvalue weighted by atomic mass is 79.9. The summed E-state index contributed by atoms with van der Waals surface area (Å²) in [6, 6.07) is 0. The molecule has 15 heteroatoms. The molecular formula is C20H18BrF5N6O3. The molecule has 0 aliphatic carbocycles. The van der Waals surface area contributed by atoms with E-state index >= 15 is 0 Å². The Morgan fingerprint density at radius 1 is 1.31 bits per heavy atom. The molecule has 0 aromatic carbocycles. The zero-order valence-corrected chi connectivity index (χ0v) is 19.6. The number of nitrogens with one attached hydrogen (secondary N) is 2. The van der Waals surface area contributed by atoms with Crippen LogP contribution >= 0.6 is 15.9 Å². The molecule has 1 aliphatic rings. The van der Waals surface area contributed by atoms with Crippen molar-refractivity contribution in [1.82, 2.24) is 24.7 Å². The van der Waals surface area contributed by atoms with Crippen molar-refractivity contribution in [2.75, 3.05) is 18.5 Å². The molecular weight excluding hydrogens is 547 g/mol. The predicted molar refractivity (Wildman–Crippen MR) is 116 cm³/mol. The van der Waals surface area contributed by atoms with Gasteiger partial charge < -0.3 is 15.0 Å². The minimum atomic E-state index is -5.71. The highest BCUT2D eigenvalue weighted by Gasteiger charge is 2.56. The van der Waals surface area contributed by atoms with E-state index in [4.69, 9.17) is 4.74 Å². The lowest BCUT2D eigenvalue weighted by molar-refractivity contribution is -0.285. The Labute approximate surface area is 202 Å². The minimum absolute atomic E-state index is 0.0159. The van der Waals surface area contributed by atoms with Gasteiger partial charge >= 0.3 is 18.1 Å². The molecule has 0 bridgehead atoms. The van der Waals surface area contributed by atoms with E-state index in [0.29, 0.717) is 21.2 Å². The number of pyridine rings is 1. The fraction of sp³-hybridized carbons (Fsp3) is 0.450. The van der Waals surface area contributed by atoms with Crippen LogP contribution in [0.15, 0.2) is 21.8 Å². The number of H-pyrrole nitrogens is 1. The Bertz CT molecular complexity index is 1340. The number of nitrogens with zero attached hydrogens (tertiary/aromatic N) is 4. The van der Waals surface area contributed by atoms with Crippen LogP contribution in [0.3, 0.4) is 0 Å². The first-order chi connectivity index (χ1) is 16.4. The van der Waals surface area contributed by atoms with E-state index in [-0.39, 0.29) is 36.5 Å². The fourth-order valence-electron chi connectivity index (χ4n) is 3.69. The van der Waals surface area contributed by atoms with Crippen molar-refractivity contribution in [3.8, 4) is 0 Å². The average Bonchev–Trinajstić information content (AvgIpc) is 3.37. The summed E-state index contributed by atoms with van der Waals surface area (Å²) in [7, 11) is 0. The molecule has 0 saturated carbocycles.